The summed E-state index contributed by atoms with van der Waals surface area (Å²) in [7, 11) is 1.70. The van der Waals surface area contributed by atoms with Crippen molar-refractivity contribution < 1.29 is 9.13 Å². The van der Waals surface area contributed by atoms with Crippen LogP contribution in [0, 0.1) is 17.1 Å². The van der Waals surface area contributed by atoms with E-state index in [0.717, 1.165) is 31.6 Å². The second kappa shape index (κ2) is 5.15. The Morgan fingerprint density at radius 2 is 2.35 bits per heavy atom. The molecule has 2 rings (SSSR count). The van der Waals surface area contributed by atoms with Crippen LogP contribution in [0.4, 0.5) is 10.1 Å². The predicted octanol–water partition coefficient (Wildman–Crippen LogP) is 2.31. The molecule has 90 valence electrons. The Morgan fingerprint density at radius 3 is 3.00 bits per heavy atom. The lowest BCUT2D eigenvalue weighted by molar-refractivity contribution is 0.0893. The van der Waals surface area contributed by atoms with Gasteiger partial charge in [-0.15, -0.1) is 0 Å². The number of hydrogen-bond acceptors (Lipinski definition) is 3. The summed E-state index contributed by atoms with van der Waals surface area (Å²) < 4.78 is 18.8. The van der Waals surface area contributed by atoms with Crippen molar-refractivity contribution in [2.24, 2.45) is 0 Å². The number of nitriles is 1. The lowest BCUT2D eigenvalue weighted by Gasteiger charge is -2.33. The molecule has 1 unspecified atom stereocenters. The number of piperidine rings is 1. The highest BCUT2D eigenvalue weighted by molar-refractivity contribution is 5.50. The van der Waals surface area contributed by atoms with E-state index in [0.29, 0.717) is 0 Å². The minimum absolute atomic E-state index is 0.0917. The van der Waals surface area contributed by atoms with Gasteiger partial charge in [0.15, 0.2) is 0 Å². The fourth-order valence-electron chi connectivity index (χ4n) is 2.16. The highest BCUT2D eigenvalue weighted by atomic mass is 19.1. The summed E-state index contributed by atoms with van der Waals surface area (Å²) in [5, 5.41) is 8.68. The molecular formula is C13H15FN2O. The van der Waals surface area contributed by atoms with E-state index in [1.54, 1.807) is 13.2 Å². The summed E-state index contributed by atoms with van der Waals surface area (Å²) in [5.74, 6) is -0.454. The van der Waals surface area contributed by atoms with Crippen LogP contribution in [0.1, 0.15) is 18.4 Å². The number of rotatable bonds is 2. The maximum Gasteiger partial charge on any atom is 0.143 e. The molecule has 4 heteroatoms. The zero-order chi connectivity index (χ0) is 12.3. The van der Waals surface area contributed by atoms with Gasteiger partial charge in [0.05, 0.1) is 11.7 Å². The van der Waals surface area contributed by atoms with Crippen LogP contribution >= 0.6 is 0 Å². The molecule has 1 aliphatic rings. The van der Waals surface area contributed by atoms with E-state index < -0.39 is 5.82 Å². The van der Waals surface area contributed by atoms with E-state index in [4.69, 9.17) is 10.00 Å². The molecule has 1 aliphatic heterocycles. The average molecular weight is 234 g/mol. The second-order valence-corrected chi connectivity index (χ2v) is 4.22. The Labute approximate surface area is 100 Å². The lowest BCUT2D eigenvalue weighted by Crippen LogP contribution is -2.39. The van der Waals surface area contributed by atoms with Gasteiger partial charge in [-0.1, -0.05) is 0 Å². The molecule has 3 nitrogen and oxygen atoms in total. The number of nitrogens with zero attached hydrogens (tertiary/aromatic N) is 2. The SMILES string of the molecule is COC1CCCN(c2ccc(C#N)c(F)c2)C1. The number of hydrogen-bond donors (Lipinski definition) is 0. The normalized spacial score (nSPS) is 20.1. The highest BCUT2D eigenvalue weighted by Gasteiger charge is 2.20. The van der Waals surface area contributed by atoms with E-state index in [1.165, 1.54) is 12.1 Å². The van der Waals surface area contributed by atoms with E-state index in [-0.39, 0.29) is 11.7 Å². The topological polar surface area (TPSA) is 36.3 Å². The van der Waals surface area contributed by atoms with Crippen molar-refractivity contribution in [3.63, 3.8) is 0 Å². The summed E-state index contributed by atoms with van der Waals surface area (Å²) in [6.07, 6.45) is 2.30. The molecule has 0 aliphatic carbocycles. The van der Waals surface area contributed by atoms with Gasteiger partial charge in [0.2, 0.25) is 0 Å². The van der Waals surface area contributed by atoms with Crippen LogP contribution in [0.5, 0.6) is 0 Å². The summed E-state index contributed by atoms with van der Waals surface area (Å²) in [6.45, 7) is 1.69. The smallest absolute Gasteiger partial charge is 0.143 e. The van der Waals surface area contributed by atoms with Crippen LogP contribution in [0.3, 0.4) is 0 Å². The molecule has 1 atom stereocenters. The number of halogens is 1. The Hall–Kier alpha value is -1.60. The first-order valence-electron chi connectivity index (χ1n) is 5.72. The van der Waals surface area contributed by atoms with Crippen molar-refractivity contribution in [3.05, 3.63) is 29.6 Å². The zero-order valence-corrected chi connectivity index (χ0v) is 9.82. The monoisotopic (exact) mass is 234 g/mol. The van der Waals surface area contributed by atoms with Crippen LogP contribution < -0.4 is 4.90 Å². The molecule has 0 amide bonds. The van der Waals surface area contributed by atoms with Gasteiger partial charge >= 0.3 is 0 Å². The van der Waals surface area contributed by atoms with Crippen molar-refractivity contribution in [2.45, 2.75) is 18.9 Å². The third-order valence-corrected chi connectivity index (χ3v) is 3.15. The maximum atomic E-state index is 13.5. The van der Waals surface area contributed by atoms with Crippen LogP contribution in [-0.2, 0) is 4.74 Å². The van der Waals surface area contributed by atoms with Gasteiger partial charge in [-0.3, -0.25) is 0 Å². The van der Waals surface area contributed by atoms with Crippen LogP contribution in [-0.4, -0.2) is 26.3 Å². The molecule has 1 heterocycles. The van der Waals surface area contributed by atoms with Crippen molar-refractivity contribution in [2.75, 3.05) is 25.1 Å². The van der Waals surface area contributed by atoms with Gasteiger partial charge in [-0.2, -0.15) is 5.26 Å². The number of anilines is 1. The molecule has 0 aromatic heterocycles. The third kappa shape index (κ3) is 2.56. The molecule has 17 heavy (non-hydrogen) atoms. The second-order valence-electron chi connectivity index (χ2n) is 4.22. The van der Waals surface area contributed by atoms with E-state index in [2.05, 4.69) is 4.90 Å². The molecule has 0 bridgehead atoms. The minimum Gasteiger partial charge on any atom is -0.380 e. The molecule has 0 saturated carbocycles. The first-order valence-corrected chi connectivity index (χ1v) is 5.72. The molecule has 0 radical (unpaired) electrons. The van der Waals surface area contributed by atoms with E-state index in [9.17, 15) is 4.39 Å². The lowest BCUT2D eigenvalue weighted by atomic mass is 10.1. The molecular weight excluding hydrogens is 219 g/mol. The first kappa shape index (κ1) is 11.9. The quantitative estimate of drug-likeness (QED) is 0.787. The number of ether oxygens (including phenoxy) is 1. The Kier molecular flexibility index (Phi) is 3.60. The van der Waals surface area contributed by atoms with Gasteiger partial charge in [0, 0.05) is 25.9 Å². The van der Waals surface area contributed by atoms with E-state index >= 15 is 0 Å². The molecule has 0 N–H and O–H groups in total. The molecule has 1 fully saturated rings. The van der Waals surface area contributed by atoms with Crippen LogP contribution in [0.25, 0.3) is 0 Å². The third-order valence-electron chi connectivity index (χ3n) is 3.15. The van der Waals surface area contributed by atoms with Gasteiger partial charge in [-0.25, -0.2) is 4.39 Å². The number of benzene rings is 1. The van der Waals surface area contributed by atoms with Crippen molar-refractivity contribution >= 4 is 5.69 Å². The summed E-state index contributed by atoms with van der Waals surface area (Å²) in [4.78, 5) is 2.10. The van der Waals surface area contributed by atoms with Gasteiger partial charge in [0.1, 0.15) is 11.9 Å². The fourth-order valence-corrected chi connectivity index (χ4v) is 2.16. The summed E-state index contributed by atoms with van der Waals surface area (Å²) in [6, 6.07) is 6.57. The zero-order valence-electron chi connectivity index (χ0n) is 9.82. The van der Waals surface area contributed by atoms with Crippen LogP contribution in [0.15, 0.2) is 18.2 Å². The molecule has 1 aromatic carbocycles. The molecule has 0 spiro atoms. The van der Waals surface area contributed by atoms with Crippen molar-refractivity contribution in [3.8, 4) is 6.07 Å². The van der Waals surface area contributed by atoms with Crippen molar-refractivity contribution in [1.29, 1.82) is 5.26 Å². The predicted molar refractivity (Wildman–Crippen MR) is 63.4 cm³/mol. The van der Waals surface area contributed by atoms with Crippen LogP contribution in [0.2, 0.25) is 0 Å². The highest BCUT2D eigenvalue weighted by Crippen LogP contribution is 2.23. The maximum absolute atomic E-state index is 13.5. The summed E-state index contributed by atoms with van der Waals surface area (Å²) in [5.41, 5.74) is 0.914. The average Bonchev–Trinajstić information content (AvgIpc) is 2.38. The Bertz CT molecular complexity index is 442. The number of methoxy groups -OCH3 is 1. The van der Waals surface area contributed by atoms with Gasteiger partial charge in [0.25, 0.3) is 0 Å². The Balaban J connectivity index is 2.17. The first-order chi connectivity index (χ1) is 8.24. The molecule has 1 aromatic rings. The fraction of sp³-hybridized carbons (Fsp3) is 0.462. The van der Waals surface area contributed by atoms with Gasteiger partial charge in [-0.05, 0) is 31.0 Å². The summed E-state index contributed by atoms with van der Waals surface area (Å²) >= 11 is 0. The van der Waals surface area contributed by atoms with Crippen molar-refractivity contribution in [1.82, 2.24) is 0 Å². The Morgan fingerprint density at radius 1 is 1.53 bits per heavy atom. The minimum atomic E-state index is -0.454. The van der Waals surface area contributed by atoms with Gasteiger partial charge < -0.3 is 9.64 Å². The molecule has 1 saturated heterocycles. The standard InChI is InChI=1S/C13H15FN2O/c1-17-12-3-2-6-16(9-12)11-5-4-10(8-15)13(14)7-11/h4-5,7,12H,2-3,6,9H2,1H3. The largest absolute Gasteiger partial charge is 0.380 e. The van der Waals surface area contributed by atoms with E-state index in [1.807, 2.05) is 6.07 Å².